The fourth-order valence-electron chi connectivity index (χ4n) is 11.6. The largest absolute Gasteiger partial charge is 0.400 e. The van der Waals surface area contributed by atoms with E-state index in [4.69, 9.17) is 5.11 Å². The molecule has 1 N–H and O–H groups in total. The number of aliphatic hydroxyl groups excluding tert-OH is 1. The highest BCUT2D eigenvalue weighted by atomic mass is 16.2. The van der Waals surface area contributed by atoms with Crippen molar-refractivity contribution < 1.29 is 5.11 Å². The van der Waals surface area contributed by atoms with Crippen LogP contribution in [0.15, 0.2) is 267 Å². The van der Waals surface area contributed by atoms with Crippen molar-refractivity contribution in [2.75, 3.05) is 7.11 Å². The van der Waals surface area contributed by atoms with E-state index in [2.05, 4.69) is 364 Å². The van der Waals surface area contributed by atoms with E-state index in [1.807, 2.05) is 12.1 Å². The maximum Gasteiger partial charge on any atom is 0.0319 e. The van der Waals surface area contributed by atoms with Gasteiger partial charge in [-0.25, -0.2) is 0 Å². The summed E-state index contributed by atoms with van der Waals surface area (Å²) in [6.45, 7) is 30.8. The lowest BCUT2D eigenvalue weighted by atomic mass is 9.90. The number of hydrogen-bond acceptors (Lipinski definition) is 1. The summed E-state index contributed by atoms with van der Waals surface area (Å²) < 4.78 is 0. The average Bonchev–Trinajstić information content (AvgIpc) is 0.762. The molecule has 0 atom stereocenters. The molecule has 1 nitrogen and oxygen atoms in total. The van der Waals surface area contributed by atoms with Gasteiger partial charge < -0.3 is 5.11 Å². The minimum Gasteiger partial charge on any atom is -0.400 e. The van der Waals surface area contributed by atoms with Crippen LogP contribution in [0, 0.1) is 0 Å². The second kappa shape index (κ2) is 47.1. The minimum absolute atomic E-state index is 0. The van der Waals surface area contributed by atoms with Gasteiger partial charge in [0.1, 0.15) is 0 Å². The number of rotatable bonds is 15. The van der Waals surface area contributed by atoms with Gasteiger partial charge >= 0.3 is 0 Å². The van der Waals surface area contributed by atoms with Crippen LogP contribution >= 0.6 is 0 Å². The lowest BCUT2D eigenvalue weighted by Gasteiger charge is -2.14. The molecule has 0 aliphatic carbocycles. The average molecular weight is 1300 g/mol. The standard InChI is InChI=1S/C18H18.C18H20.C16H18.C14H16.C10H14.2C9H12.CH4O.2CH4/c1-3-13-15-9-5-7-11-17(15)14(4-2)18-12-8-6-10-16(13)18;1-3-15-5-9-17(10-6-15)13-14-18-11-7-16(4-2)8-12-18;1-3-13-5-9-15(10-6-13)16-11-7-14(4-2)8-12-16;1-3-11-9-10-12(4-2)14-8-6-5-7-13(11)14;1-3-9-5-7-10(4-2)8-6-9;2*1-8(2)9-6-4-3-5-7-9;1-2;;/h5-12H,3-4H2,1-2H3;5-14H,3-4H2,1-2H3;5-12H,3-4H2,1-2H3;5-10H,3-4H2,1-2H3;5-8H,3-4H2,1-2H3;2*3-8H,1-2H3;2H,1H3;2*1H4/b;14-13+;;;;;;;;. The van der Waals surface area contributed by atoms with E-state index in [9.17, 15) is 0 Å². The molecule has 516 valence electrons. The highest BCUT2D eigenvalue weighted by Crippen LogP contribution is 2.34. The summed E-state index contributed by atoms with van der Waals surface area (Å²) in [5, 5.41) is 15.6. The van der Waals surface area contributed by atoms with Crippen molar-refractivity contribution in [1.29, 1.82) is 0 Å². The van der Waals surface area contributed by atoms with Crippen LogP contribution < -0.4 is 0 Å². The van der Waals surface area contributed by atoms with Crippen molar-refractivity contribution in [2.24, 2.45) is 0 Å². The Morgan fingerprint density at radius 1 is 0.235 bits per heavy atom. The molecule has 12 aromatic carbocycles. The van der Waals surface area contributed by atoms with Gasteiger partial charge in [0.15, 0.2) is 0 Å². The summed E-state index contributed by atoms with van der Waals surface area (Å²) >= 11 is 0. The molecular weight excluding hydrogens is 1180 g/mol. The lowest BCUT2D eigenvalue weighted by Crippen LogP contribution is -1.93. The molecular formula is C97H122O. The third kappa shape index (κ3) is 26.5. The van der Waals surface area contributed by atoms with Gasteiger partial charge in [0.2, 0.25) is 0 Å². The fraction of sp³-hybridized carbons (Fsp3) is 0.299. The molecule has 0 aliphatic rings. The van der Waals surface area contributed by atoms with E-state index in [0.717, 1.165) is 71.3 Å². The number of hydrogen-bond donors (Lipinski definition) is 1. The molecule has 12 aromatic rings. The van der Waals surface area contributed by atoms with Crippen LogP contribution in [0.2, 0.25) is 0 Å². The number of benzene rings is 12. The monoisotopic (exact) mass is 1300 g/mol. The number of aryl methyl sites for hydroxylation is 10. The zero-order chi connectivity index (χ0) is 69.5. The van der Waals surface area contributed by atoms with E-state index in [1.54, 1.807) is 0 Å². The highest BCUT2D eigenvalue weighted by molar-refractivity contribution is 6.05. The Morgan fingerprint density at radius 3 is 0.653 bits per heavy atom. The van der Waals surface area contributed by atoms with Crippen molar-refractivity contribution in [3.63, 3.8) is 0 Å². The highest BCUT2D eigenvalue weighted by Gasteiger charge is 2.11. The molecule has 98 heavy (non-hydrogen) atoms. The minimum atomic E-state index is 0. The van der Waals surface area contributed by atoms with Gasteiger partial charge in [-0.3, -0.25) is 0 Å². The van der Waals surface area contributed by atoms with Crippen LogP contribution in [0.3, 0.4) is 0 Å². The Labute approximate surface area is 596 Å². The van der Waals surface area contributed by atoms with Gasteiger partial charge in [-0.15, -0.1) is 0 Å². The zero-order valence-electron chi connectivity index (χ0n) is 61.2. The van der Waals surface area contributed by atoms with E-state index in [0.29, 0.717) is 11.8 Å². The second-order valence-electron chi connectivity index (χ2n) is 24.7. The maximum atomic E-state index is 7.00. The van der Waals surface area contributed by atoms with Crippen LogP contribution in [-0.4, -0.2) is 12.2 Å². The molecule has 0 saturated carbocycles. The Balaban J connectivity index is 0.000000300. The van der Waals surface area contributed by atoms with Gasteiger partial charge in [0.05, 0.1) is 0 Å². The van der Waals surface area contributed by atoms with Crippen LogP contribution in [0.5, 0.6) is 0 Å². The Kier molecular flexibility index (Phi) is 40.1. The van der Waals surface area contributed by atoms with Crippen LogP contribution in [0.25, 0.3) is 55.6 Å². The van der Waals surface area contributed by atoms with Crippen molar-refractivity contribution in [2.45, 2.75) is 188 Å². The summed E-state index contributed by atoms with van der Waals surface area (Å²) in [6, 6.07) is 95.9. The van der Waals surface area contributed by atoms with E-state index in [1.165, 1.54) is 121 Å². The number of aliphatic hydroxyl groups is 1. The first kappa shape index (κ1) is 83.3. The zero-order valence-corrected chi connectivity index (χ0v) is 61.2. The predicted molar refractivity (Wildman–Crippen MR) is 442 cm³/mol. The van der Waals surface area contributed by atoms with E-state index >= 15 is 0 Å². The van der Waals surface area contributed by atoms with Crippen LogP contribution in [0.4, 0.5) is 0 Å². The summed E-state index contributed by atoms with van der Waals surface area (Å²) in [5.74, 6) is 1.32. The quantitative estimate of drug-likeness (QED) is 0.0801. The molecule has 0 heterocycles. The third-order valence-corrected chi connectivity index (χ3v) is 17.8. The fourth-order valence-corrected chi connectivity index (χ4v) is 11.6. The Bertz CT molecular complexity index is 3730. The summed E-state index contributed by atoms with van der Waals surface area (Å²) in [4.78, 5) is 0. The summed E-state index contributed by atoms with van der Waals surface area (Å²) in [5.41, 5.74) is 22.3. The van der Waals surface area contributed by atoms with Crippen LogP contribution in [0.1, 0.15) is 202 Å². The van der Waals surface area contributed by atoms with Gasteiger partial charge in [-0.1, -0.05) is 391 Å². The first-order valence-electron chi connectivity index (χ1n) is 35.9. The smallest absolute Gasteiger partial charge is 0.0319 e. The molecule has 0 aliphatic heterocycles. The summed E-state index contributed by atoms with van der Waals surface area (Å²) in [7, 11) is 1.00. The molecule has 12 rings (SSSR count). The first-order valence-corrected chi connectivity index (χ1v) is 35.9. The SMILES string of the molecule is C.C.CC(C)c1ccccc1.CC(C)c1ccccc1.CCc1c2ccccc2c(CC)c2ccccc12.CCc1ccc(-c2ccc(CC)cc2)cc1.CCc1ccc(/C=C/c2ccc(CC)cc2)cc1.CCc1ccc(CC)c2ccccc12.CCc1ccc(CC)cc1.CO. The Morgan fingerprint density at radius 2 is 0.449 bits per heavy atom. The maximum absolute atomic E-state index is 7.00. The topological polar surface area (TPSA) is 20.2 Å². The van der Waals surface area contributed by atoms with E-state index < -0.39 is 0 Å². The third-order valence-electron chi connectivity index (χ3n) is 17.8. The van der Waals surface area contributed by atoms with Crippen molar-refractivity contribution in [3.8, 4) is 11.1 Å². The molecule has 0 fully saturated rings. The molecule has 0 saturated heterocycles. The Hall–Kier alpha value is -8.88. The van der Waals surface area contributed by atoms with Crippen LogP contribution in [-0.2, 0) is 64.2 Å². The van der Waals surface area contributed by atoms with Gasteiger partial charge in [-0.05, 0) is 197 Å². The molecule has 0 radical (unpaired) electrons. The summed E-state index contributed by atoms with van der Waals surface area (Å²) in [6.07, 6.45) is 15.4. The molecule has 0 spiro atoms. The molecule has 0 unspecified atom stereocenters. The molecule has 1 heteroatoms. The number of fused-ring (bicyclic) bond motifs is 3. The van der Waals surface area contributed by atoms with E-state index in [-0.39, 0.29) is 14.9 Å². The molecule has 0 amide bonds. The van der Waals surface area contributed by atoms with Crippen molar-refractivity contribution in [3.05, 3.63) is 345 Å². The molecule has 0 aromatic heterocycles. The molecule has 0 bridgehead atoms. The van der Waals surface area contributed by atoms with Gasteiger partial charge in [0.25, 0.3) is 0 Å². The van der Waals surface area contributed by atoms with Gasteiger partial charge in [-0.2, -0.15) is 0 Å². The predicted octanol–water partition coefficient (Wildman–Crippen LogP) is 27.9. The normalized spacial score (nSPS) is 10.2. The van der Waals surface area contributed by atoms with Crippen molar-refractivity contribution >= 4 is 44.5 Å². The lowest BCUT2D eigenvalue weighted by molar-refractivity contribution is 0.399. The van der Waals surface area contributed by atoms with Gasteiger partial charge in [0, 0.05) is 7.11 Å². The van der Waals surface area contributed by atoms with Crippen molar-refractivity contribution in [1.82, 2.24) is 0 Å². The first-order chi connectivity index (χ1) is 46.8. The second-order valence-corrected chi connectivity index (χ2v) is 24.7.